The highest BCUT2D eigenvalue weighted by Gasteiger charge is 2.00. The molecule has 0 aliphatic heterocycles. The summed E-state index contributed by atoms with van der Waals surface area (Å²) in [5.41, 5.74) is 13.7. The van der Waals surface area contributed by atoms with Crippen molar-refractivity contribution >= 4 is 27.3 Å². The minimum absolute atomic E-state index is 0.728. The second-order valence-corrected chi connectivity index (χ2v) is 2.98. The van der Waals surface area contributed by atoms with Crippen LogP contribution in [-0.4, -0.2) is 0 Å². The van der Waals surface area contributed by atoms with Crippen molar-refractivity contribution in [2.75, 3.05) is 11.5 Å². The van der Waals surface area contributed by atoms with Gasteiger partial charge in [0.15, 0.2) is 0 Å². The quantitative estimate of drug-likeness (QED) is 0.630. The molecule has 0 spiro atoms. The van der Waals surface area contributed by atoms with Crippen LogP contribution in [0.3, 0.4) is 0 Å². The molecule has 54 valence electrons. The van der Waals surface area contributed by atoms with E-state index < -0.39 is 0 Å². The lowest BCUT2D eigenvalue weighted by Crippen LogP contribution is -1.94. The van der Waals surface area contributed by atoms with E-state index in [1.807, 2.05) is 6.92 Å². The maximum atomic E-state index is 5.60. The number of benzene rings is 1. The number of nitrogen functional groups attached to an aromatic ring is 2. The fourth-order valence-corrected chi connectivity index (χ4v) is 1.08. The third kappa shape index (κ3) is 1.09. The van der Waals surface area contributed by atoms with Crippen molar-refractivity contribution in [3.05, 3.63) is 22.2 Å². The summed E-state index contributed by atoms with van der Waals surface area (Å²) in [5, 5.41) is 0. The number of anilines is 2. The topological polar surface area (TPSA) is 52.0 Å². The largest absolute Gasteiger partial charge is 0.398 e. The molecule has 10 heavy (non-hydrogen) atoms. The fraction of sp³-hybridized carbons (Fsp3) is 0.143. The maximum absolute atomic E-state index is 5.60. The molecule has 0 radical (unpaired) electrons. The molecule has 0 fully saturated rings. The van der Waals surface area contributed by atoms with E-state index in [-0.39, 0.29) is 0 Å². The summed E-state index contributed by atoms with van der Waals surface area (Å²) in [7, 11) is 0. The molecule has 1 aromatic rings. The van der Waals surface area contributed by atoms with Gasteiger partial charge in [-0.2, -0.15) is 0 Å². The van der Waals surface area contributed by atoms with Crippen LogP contribution in [-0.2, 0) is 0 Å². The molecule has 0 saturated carbocycles. The van der Waals surface area contributed by atoms with E-state index in [4.69, 9.17) is 11.5 Å². The average Bonchev–Trinajstić information content (AvgIpc) is 1.93. The Hall–Kier alpha value is -0.700. The number of hydrogen-bond donors (Lipinski definition) is 2. The Bertz CT molecular complexity index is 231. The molecule has 1 aromatic carbocycles. The van der Waals surface area contributed by atoms with E-state index in [1.165, 1.54) is 0 Å². The third-order valence-electron chi connectivity index (χ3n) is 1.46. The van der Waals surface area contributed by atoms with Gasteiger partial charge in [-0.05, 0) is 40.5 Å². The molecular formula is C7H9BrN2. The van der Waals surface area contributed by atoms with Gasteiger partial charge in [-0.3, -0.25) is 0 Å². The lowest BCUT2D eigenvalue weighted by atomic mass is 10.2. The Morgan fingerprint density at radius 3 is 2.20 bits per heavy atom. The van der Waals surface area contributed by atoms with E-state index in [2.05, 4.69) is 15.9 Å². The van der Waals surface area contributed by atoms with E-state index >= 15 is 0 Å². The van der Waals surface area contributed by atoms with Crippen LogP contribution < -0.4 is 11.5 Å². The van der Waals surface area contributed by atoms with E-state index in [0.29, 0.717) is 0 Å². The van der Waals surface area contributed by atoms with E-state index in [1.54, 1.807) is 12.1 Å². The first-order chi connectivity index (χ1) is 4.63. The SMILES string of the molecule is Cc1c(N)ccc(N)c1Br. The summed E-state index contributed by atoms with van der Waals surface area (Å²) < 4.78 is 0.896. The fourth-order valence-electron chi connectivity index (χ4n) is 0.721. The molecule has 1 rings (SSSR count). The van der Waals surface area contributed by atoms with Crippen LogP contribution in [0, 0.1) is 6.92 Å². The van der Waals surface area contributed by atoms with Crippen LogP contribution in [0.4, 0.5) is 11.4 Å². The van der Waals surface area contributed by atoms with Crippen molar-refractivity contribution < 1.29 is 0 Å². The van der Waals surface area contributed by atoms with Crippen LogP contribution in [0.15, 0.2) is 16.6 Å². The number of nitrogens with two attached hydrogens (primary N) is 2. The summed E-state index contributed by atoms with van der Waals surface area (Å²) in [6, 6.07) is 3.59. The molecule has 2 nitrogen and oxygen atoms in total. The Morgan fingerprint density at radius 1 is 1.20 bits per heavy atom. The molecule has 0 aliphatic carbocycles. The molecule has 0 unspecified atom stereocenters. The van der Waals surface area contributed by atoms with Crippen LogP contribution in [0.2, 0.25) is 0 Å². The van der Waals surface area contributed by atoms with E-state index in [0.717, 1.165) is 21.4 Å². The summed E-state index contributed by atoms with van der Waals surface area (Å²) in [6.07, 6.45) is 0. The molecule has 0 saturated heterocycles. The van der Waals surface area contributed by atoms with Crippen molar-refractivity contribution in [1.82, 2.24) is 0 Å². The lowest BCUT2D eigenvalue weighted by molar-refractivity contribution is 1.43. The number of halogens is 1. The van der Waals surface area contributed by atoms with Crippen LogP contribution in [0.25, 0.3) is 0 Å². The minimum atomic E-state index is 0.728. The zero-order chi connectivity index (χ0) is 7.72. The Morgan fingerprint density at radius 2 is 1.70 bits per heavy atom. The lowest BCUT2D eigenvalue weighted by Gasteiger charge is -2.04. The van der Waals surface area contributed by atoms with Gasteiger partial charge in [0.1, 0.15) is 0 Å². The van der Waals surface area contributed by atoms with Crippen molar-refractivity contribution in [2.45, 2.75) is 6.92 Å². The Labute approximate surface area is 68.3 Å². The molecule has 0 aromatic heterocycles. The Balaban J connectivity index is 3.34. The zero-order valence-electron chi connectivity index (χ0n) is 5.69. The predicted octanol–water partition coefficient (Wildman–Crippen LogP) is 1.92. The number of rotatable bonds is 0. The standard InChI is InChI=1S/C7H9BrN2/c1-4-5(9)2-3-6(10)7(4)8/h2-3H,9-10H2,1H3. The first kappa shape index (κ1) is 7.41. The van der Waals surface area contributed by atoms with Gasteiger partial charge in [-0.1, -0.05) is 0 Å². The van der Waals surface area contributed by atoms with Crippen molar-refractivity contribution in [3.8, 4) is 0 Å². The van der Waals surface area contributed by atoms with Crippen LogP contribution >= 0.6 is 15.9 Å². The summed E-state index contributed by atoms with van der Waals surface area (Å²) in [6.45, 7) is 1.93. The molecule has 4 N–H and O–H groups in total. The highest BCUT2D eigenvalue weighted by atomic mass is 79.9. The third-order valence-corrected chi connectivity index (χ3v) is 2.51. The molecule has 0 heterocycles. The molecular weight excluding hydrogens is 192 g/mol. The zero-order valence-corrected chi connectivity index (χ0v) is 7.27. The normalized spacial score (nSPS) is 9.80. The van der Waals surface area contributed by atoms with Gasteiger partial charge in [0.25, 0.3) is 0 Å². The van der Waals surface area contributed by atoms with Crippen molar-refractivity contribution in [2.24, 2.45) is 0 Å². The van der Waals surface area contributed by atoms with Gasteiger partial charge in [0, 0.05) is 15.8 Å². The first-order valence-electron chi connectivity index (χ1n) is 2.93. The van der Waals surface area contributed by atoms with Gasteiger partial charge in [-0.25, -0.2) is 0 Å². The van der Waals surface area contributed by atoms with Gasteiger partial charge in [0.2, 0.25) is 0 Å². The second kappa shape index (κ2) is 2.50. The second-order valence-electron chi connectivity index (χ2n) is 2.18. The molecule has 0 aliphatic rings. The van der Waals surface area contributed by atoms with Gasteiger partial charge < -0.3 is 11.5 Å². The van der Waals surface area contributed by atoms with E-state index in [9.17, 15) is 0 Å². The van der Waals surface area contributed by atoms with Crippen molar-refractivity contribution in [1.29, 1.82) is 0 Å². The molecule has 0 atom stereocenters. The first-order valence-corrected chi connectivity index (χ1v) is 3.72. The Kier molecular flexibility index (Phi) is 1.85. The monoisotopic (exact) mass is 200 g/mol. The summed E-state index contributed by atoms with van der Waals surface area (Å²) in [5.74, 6) is 0. The van der Waals surface area contributed by atoms with Crippen LogP contribution in [0.1, 0.15) is 5.56 Å². The van der Waals surface area contributed by atoms with Crippen LogP contribution in [0.5, 0.6) is 0 Å². The van der Waals surface area contributed by atoms with Gasteiger partial charge in [-0.15, -0.1) is 0 Å². The molecule has 0 bridgehead atoms. The molecule has 3 heteroatoms. The average molecular weight is 201 g/mol. The van der Waals surface area contributed by atoms with Crippen molar-refractivity contribution in [3.63, 3.8) is 0 Å². The number of hydrogen-bond acceptors (Lipinski definition) is 2. The summed E-state index contributed by atoms with van der Waals surface area (Å²) >= 11 is 3.32. The van der Waals surface area contributed by atoms with Gasteiger partial charge in [0.05, 0.1) is 0 Å². The predicted molar refractivity (Wildman–Crippen MR) is 47.7 cm³/mol. The smallest absolute Gasteiger partial charge is 0.0462 e. The summed E-state index contributed by atoms with van der Waals surface area (Å²) in [4.78, 5) is 0. The highest BCUT2D eigenvalue weighted by molar-refractivity contribution is 9.10. The highest BCUT2D eigenvalue weighted by Crippen LogP contribution is 2.27. The maximum Gasteiger partial charge on any atom is 0.0462 e. The molecule has 0 amide bonds. The minimum Gasteiger partial charge on any atom is -0.398 e. The van der Waals surface area contributed by atoms with Gasteiger partial charge >= 0.3 is 0 Å².